The lowest BCUT2D eigenvalue weighted by Gasteiger charge is -2.13. The molecule has 3 heteroatoms. The van der Waals surface area contributed by atoms with Gasteiger partial charge in [0.05, 0.1) is 11.7 Å². The van der Waals surface area contributed by atoms with Crippen LogP contribution in [0.15, 0.2) is 18.2 Å². The summed E-state index contributed by atoms with van der Waals surface area (Å²) in [4.78, 5) is 10.5. The highest BCUT2D eigenvalue weighted by molar-refractivity contribution is 5.76. The lowest BCUT2D eigenvalue weighted by Crippen LogP contribution is -2.12. The number of hydrogen-bond acceptors (Lipinski definition) is 2. The molecule has 0 aliphatic heterocycles. The first-order chi connectivity index (χ1) is 7.31. The molecule has 0 radical (unpaired) electrons. The minimum atomic E-state index is -0.542. The van der Waals surface area contributed by atoms with Crippen LogP contribution in [0.1, 0.15) is 36.0 Å². The molecule has 0 aromatic heterocycles. The normalized spacial score (nSPS) is 16.6. The summed E-state index contributed by atoms with van der Waals surface area (Å²) in [6.45, 7) is 0. The molecule has 0 N–H and O–H groups in total. The lowest BCUT2D eigenvalue weighted by molar-refractivity contribution is 0.111. The number of carbonyl (C=O) groups is 1. The van der Waals surface area contributed by atoms with Crippen LogP contribution in [0.2, 0.25) is 0 Å². The predicted octanol–water partition coefficient (Wildman–Crippen LogP) is 2.96. The third-order valence-electron chi connectivity index (χ3n) is 2.72. The smallest absolute Gasteiger partial charge is 0.175 e. The summed E-state index contributed by atoms with van der Waals surface area (Å²) in [6, 6.07) is 4.65. The second-order valence-corrected chi connectivity index (χ2v) is 3.80. The summed E-state index contributed by atoms with van der Waals surface area (Å²) < 4.78 is 19.1. The largest absolute Gasteiger partial charge is 0.487 e. The van der Waals surface area contributed by atoms with E-state index in [0.29, 0.717) is 6.29 Å². The second kappa shape index (κ2) is 4.43. The zero-order chi connectivity index (χ0) is 10.7. The average Bonchev–Trinajstić information content (AvgIpc) is 2.74. The van der Waals surface area contributed by atoms with E-state index in [1.807, 2.05) is 0 Å². The number of hydrogen-bond donors (Lipinski definition) is 0. The van der Waals surface area contributed by atoms with Gasteiger partial charge in [0.15, 0.2) is 17.9 Å². The van der Waals surface area contributed by atoms with E-state index in [1.54, 1.807) is 12.1 Å². The van der Waals surface area contributed by atoms with Gasteiger partial charge in [0, 0.05) is 0 Å². The predicted molar refractivity (Wildman–Crippen MR) is 54.7 cm³/mol. The topological polar surface area (TPSA) is 26.3 Å². The molecule has 15 heavy (non-hydrogen) atoms. The van der Waals surface area contributed by atoms with Gasteiger partial charge in [-0.2, -0.15) is 0 Å². The summed E-state index contributed by atoms with van der Waals surface area (Å²) in [5, 5.41) is 0. The van der Waals surface area contributed by atoms with Gasteiger partial charge in [-0.05, 0) is 37.8 Å². The van der Waals surface area contributed by atoms with E-state index < -0.39 is 5.82 Å². The van der Waals surface area contributed by atoms with Gasteiger partial charge in [0.1, 0.15) is 0 Å². The van der Waals surface area contributed by atoms with Crippen LogP contribution in [0.25, 0.3) is 0 Å². The number of benzene rings is 1. The fourth-order valence-corrected chi connectivity index (χ4v) is 1.90. The summed E-state index contributed by atoms with van der Waals surface area (Å²) in [5.74, 6) is -0.342. The molecule has 0 bridgehead atoms. The van der Waals surface area contributed by atoms with Crippen molar-refractivity contribution in [3.05, 3.63) is 29.6 Å². The Bertz CT molecular complexity index is 357. The van der Waals surface area contributed by atoms with Crippen molar-refractivity contribution in [2.75, 3.05) is 0 Å². The van der Waals surface area contributed by atoms with Gasteiger partial charge in [-0.15, -0.1) is 0 Å². The molecule has 0 spiro atoms. The molecule has 0 atom stereocenters. The average molecular weight is 208 g/mol. The fraction of sp³-hybridized carbons (Fsp3) is 0.417. The highest BCUT2D eigenvalue weighted by Gasteiger charge is 2.18. The fourth-order valence-electron chi connectivity index (χ4n) is 1.90. The van der Waals surface area contributed by atoms with Crippen LogP contribution in [0.5, 0.6) is 5.75 Å². The van der Waals surface area contributed by atoms with Crippen LogP contribution < -0.4 is 4.74 Å². The summed E-state index contributed by atoms with van der Waals surface area (Å²) >= 11 is 0. The maximum atomic E-state index is 13.6. The Balaban J connectivity index is 2.16. The molecule has 1 aromatic rings. The third-order valence-corrected chi connectivity index (χ3v) is 2.72. The summed E-state index contributed by atoms with van der Waals surface area (Å²) in [5.41, 5.74) is 0.0606. The molecule has 1 fully saturated rings. The number of aldehydes is 1. The molecular weight excluding hydrogens is 195 g/mol. The van der Waals surface area contributed by atoms with Crippen molar-refractivity contribution in [2.45, 2.75) is 31.8 Å². The van der Waals surface area contributed by atoms with E-state index in [1.165, 1.54) is 6.07 Å². The van der Waals surface area contributed by atoms with Gasteiger partial charge in [-0.1, -0.05) is 6.07 Å². The van der Waals surface area contributed by atoms with E-state index in [-0.39, 0.29) is 17.4 Å². The van der Waals surface area contributed by atoms with E-state index in [2.05, 4.69) is 0 Å². The molecular formula is C12H13FO2. The molecule has 0 heterocycles. The second-order valence-electron chi connectivity index (χ2n) is 3.80. The summed E-state index contributed by atoms with van der Waals surface area (Å²) in [7, 11) is 0. The molecule has 1 saturated carbocycles. The van der Waals surface area contributed by atoms with Crippen molar-refractivity contribution in [3.63, 3.8) is 0 Å². The number of carbonyl (C=O) groups excluding carboxylic acids is 1. The Morgan fingerprint density at radius 2 is 2.07 bits per heavy atom. The Morgan fingerprint density at radius 3 is 2.73 bits per heavy atom. The monoisotopic (exact) mass is 208 g/mol. The molecule has 1 aliphatic carbocycles. The molecule has 80 valence electrons. The SMILES string of the molecule is O=Cc1cccc(OC2CCCC2)c1F. The van der Waals surface area contributed by atoms with Crippen molar-refractivity contribution >= 4 is 6.29 Å². The highest BCUT2D eigenvalue weighted by atomic mass is 19.1. The molecule has 2 nitrogen and oxygen atoms in total. The molecule has 1 aliphatic rings. The number of rotatable bonds is 3. The quantitative estimate of drug-likeness (QED) is 0.714. The van der Waals surface area contributed by atoms with Crippen molar-refractivity contribution < 1.29 is 13.9 Å². The van der Waals surface area contributed by atoms with Gasteiger partial charge < -0.3 is 4.74 Å². The van der Waals surface area contributed by atoms with Gasteiger partial charge >= 0.3 is 0 Å². The molecule has 0 saturated heterocycles. The maximum Gasteiger partial charge on any atom is 0.175 e. The van der Waals surface area contributed by atoms with Crippen molar-refractivity contribution in [3.8, 4) is 5.75 Å². The third kappa shape index (κ3) is 2.17. The van der Waals surface area contributed by atoms with Crippen LogP contribution in [-0.4, -0.2) is 12.4 Å². The van der Waals surface area contributed by atoms with Gasteiger partial charge in [-0.25, -0.2) is 4.39 Å². The van der Waals surface area contributed by atoms with Crippen LogP contribution in [0, 0.1) is 5.82 Å². The first-order valence-electron chi connectivity index (χ1n) is 5.21. The van der Waals surface area contributed by atoms with Gasteiger partial charge in [0.2, 0.25) is 0 Å². The summed E-state index contributed by atoms with van der Waals surface area (Å²) in [6.07, 6.45) is 4.85. The van der Waals surface area contributed by atoms with Gasteiger partial charge in [0.25, 0.3) is 0 Å². The number of ether oxygens (including phenoxy) is 1. The molecule has 0 amide bonds. The lowest BCUT2D eigenvalue weighted by atomic mass is 10.2. The minimum absolute atomic E-state index is 0.0606. The van der Waals surface area contributed by atoms with Crippen molar-refractivity contribution in [2.24, 2.45) is 0 Å². The Labute approximate surface area is 88.1 Å². The molecule has 2 rings (SSSR count). The Kier molecular flexibility index (Phi) is 2.99. The Hall–Kier alpha value is -1.38. The Morgan fingerprint density at radius 1 is 1.33 bits per heavy atom. The van der Waals surface area contributed by atoms with Gasteiger partial charge in [-0.3, -0.25) is 4.79 Å². The zero-order valence-electron chi connectivity index (χ0n) is 8.41. The highest BCUT2D eigenvalue weighted by Crippen LogP contribution is 2.26. The standard InChI is InChI=1S/C12H13FO2/c13-12-9(8-14)4-3-7-11(12)15-10-5-1-2-6-10/h3-4,7-8,10H,1-2,5-6H2. The first-order valence-corrected chi connectivity index (χ1v) is 5.21. The van der Waals surface area contributed by atoms with Crippen LogP contribution in [0.4, 0.5) is 4.39 Å². The number of halogens is 1. The van der Waals surface area contributed by atoms with Crippen molar-refractivity contribution in [1.82, 2.24) is 0 Å². The van der Waals surface area contributed by atoms with E-state index >= 15 is 0 Å². The molecule has 0 unspecified atom stereocenters. The minimum Gasteiger partial charge on any atom is -0.487 e. The van der Waals surface area contributed by atoms with E-state index in [4.69, 9.17) is 4.74 Å². The zero-order valence-corrected chi connectivity index (χ0v) is 8.41. The molecule has 1 aromatic carbocycles. The van der Waals surface area contributed by atoms with Crippen LogP contribution in [0.3, 0.4) is 0 Å². The van der Waals surface area contributed by atoms with Crippen LogP contribution in [-0.2, 0) is 0 Å². The maximum absolute atomic E-state index is 13.6. The van der Waals surface area contributed by atoms with Crippen molar-refractivity contribution in [1.29, 1.82) is 0 Å². The first kappa shape index (κ1) is 10.1. The van der Waals surface area contributed by atoms with E-state index in [9.17, 15) is 9.18 Å². The van der Waals surface area contributed by atoms with E-state index in [0.717, 1.165) is 25.7 Å². The van der Waals surface area contributed by atoms with Crippen LogP contribution >= 0.6 is 0 Å².